The highest BCUT2D eigenvalue weighted by atomic mass is 16.8. The fourth-order valence-electron chi connectivity index (χ4n) is 2.33. The van der Waals surface area contributed by atoms with E-state index < -0.39 is 5.79 Å². The van der Waals surface area contributed by atoms with Gasteiger partial charge in [0.25, 0.3) is 0 Å². The lowest BCUT2D eigenvalue weighted by molar-refractivity contribution is -0.148. The number of ether oxygens (including phenoxy) is 2. The zero-order valence-corrected chi connectivity index (χ0v) is 10.9. The monoisotopic (exact) mass is 212 g/mol. The molecule has 0 aromatic carbocycles. The molecule has 0 amide bonds. The van der Waals surface area contributed by atoms with Crippen molar-refractivity contribution in [2.24, 2.45) is 5.92 Å². The molecule has 2 heteroatoms. The van der Waals surface area contributed by atoms with Crippen molar-refractivity contribution < 1.29 is 9.47 Å². The van der Waals surface area contributed by atoms with Crippen molar-refractivity contribution in [1.82, 2.24) is 0 Å². The predicted molar refractivity (Wildman–Crippen MR) is 62.7 cm³/mol. The Bertz CT molecular complexity index is 261. The number of hydrogen-bond donors (Lipinski definition) is 0. The first-order valence-electron chi connectivity index (χ1n) is 5.77. The summed E-state index contributed by atoms with van der Waals surface area (Å²) in [5, 5.41) is 0. The van der Waals surface area contributed by atoms with Crippen molar-refractivity contribution in [3.05, 3.63) is 12.7 Å². The maximum atomic E-state index is 6.11. The summed E-state index contributed by atoms with van der Waals surface area (Å²) in [4.78, 5) is 0. The van der Waals surface area contributed by atoms with E-state index >= 15 is 0 Å². The van der Waals surface area contributed by atoms with Crippen LogP contribution >= 0.6 is 0 Å². The van der Waals surface area contributed by atoms with Crippen LogP contribution in [0.5, 0.6) is 0 Å². The third-order valence-electron chi connectivity index (χ3n) is 4.04. The Hall–Kier alpha value is -0.340. The summed E-state index contributed by atoms with van der Waals surface area (Å²) in [7, 11) is 0. The Labute approximate surface area is 93.7 Å². The van der Waals surface area contributed by atoms with Gasteiger partial charge >= 0.3 is 0 Å². The fraction of sp³-hybridized carbons (Fsp3) is 0.846. The zero-order chi connectivity index (χ0) is 11.9. The second-order valence-corrected chi connectivity index (χ2v) is 5.27. The van der Waals surface area contributed by atoms with E-state index in [9.17, 15) is 0 Å². The maximum Gasteiger partial charge on any atom is 0.186 e. The molecule has 3 atom stereocenters. The Kier molecular flexibility index (Phi) is 3.05. The van der Waals surface area contributed by atoms with Gasteiger partial charge in [0.05, 0.1) is 5.60 Å². The molecule has 1 heterocycles. The maximum absolute atomic E-state index is 6.11. The minimum atomic E-state index is -0.649. The molecule has 0 saturated carbocycles. The van der Waals surface area contributed by atoms with Crippen molar-refractivity contribution >= 4 is 0 Å². The predicted octanol–water partition coefficient (Wildman–Crippen LogP) is 3.52. The summed E-state index contributed by atoms with van der Waals surface area (Å²) in [5.41, 5.74) is -0.505. The van der Waals surface area contributed by atoms with Gasteiger partial charge in [-0.1, -0.05) is 27.4 Å². The SMILES string of the molecule is C=CC1(C)OC(C)(CC)C(C)(C(C)C)O1. The lowest BCUT2D eigenvalue weighted by atomic mass is 9.76. The Morgan fingerprint density at radius 3 is 2.00 bits per heavy atom. The molecule has 1 fully saturated rings. The summed E-state index contributed by atoms with van der Waals surface area (Å²) in [6, 6.07) is 0. The molecular weight excluding hydrogens is 188 g/mol. The molecule has 3 unspecified atom stereocenters. The first kappa shape index (κ1) is 12.7. The van der Waals surface area contributed by atoms with Crippen molar-refractivity contribution in [1.29, 1.82) is 0 Å². The largest absolute Gasteiger partial charge is 0.337 e. The highest BCUT2D eigenvalue weighted by Gasteiger charge is 2.59. The highest BCUT2D eigenvalue weighted by Crippen LogP contribution is 2.49. The molecule has 2 nitrogen and oxygen atoms in total. The average Bonchev–Trinajstić information content (AvgIpc) is 2.37. The van der Waals surface area contributed by atoms with Gasteiger partial charge < -0.3 is 9.47 Å². The highest BCUT2D eigenvalue weighted by molar-refractivity contribution is 5.08. The van der Waals surface area contributed by atoms with Crippen LogP contribution < -0.4 is 0 Å². The van der Waals surface area contributed by atoms with Crippen LogP contribution in [-0.2, 0) is 9.47 Å². The van der Waals surface area contributed by atoms with Crippen LogP contribution in [0.25, 0.3) is 0 Å². The molecule has 0 aliphatic carbocycles. The van der Waals surface area contributed by atoms with Crippen LogP contribution in [-0.4, -0.2) is 17.0 Å². The molecule has 0 aromatic rings. The van der Waals surface area contributed by atoms with E-state index in [4.69, 9.17) is 9.47 Å². The Morgan fingerprint density at radius 1 is 1.20 bits per heavy atom. The van der Waals surface area contributed by atoms with Crippen molar-refractivity contribution in [2.75, 3.05) is 0 Å². The van der Waals surface area contributed by atoms with Crippen LogP contribution in [0.3, 0.4) is 0 Å². The van der Waals surface area contributed by atoms with Crippen LogP contribution in [0.15, 0.2) is 12.7 Å². The number of hydrogen-bond acceptors (Lipinski definition) is 2. The van der Waals surface area contributed by atoms with E-state index in [0.717, 1.165) is 6.42 Å². The van der Waals surface area contributed by atoms with Gasteiger partial charge in [0.15, 0.2) is 5.79 Å². The third-order valence-corrected chi connectivity index (χ3v) is 4.04. The van der Waals surface area contributed by atoms with Crippen LogP contribution in [0.1, 0.15) is 48.0 Å². The van der Waals surface area contributed by atoms with Gasteiger partial charge in [-0.25, -0.2) is 0 Å². The molecule has 1 saturated heterocycles. The van der Waals surface area contributed by atoms with Gasteiger partial charge in [-0.3, -0.25) is 0 Å². The molecule has 1 aliphatic heterocycles. The Balaban J connectivity index is 3.12. The molecule has 1 aliphatic rings. The topological polar surface area (TPSA) is 18.5 Å². The van der Waals surface area contributed by atoms with E-state index in [1.54, 1.807) is 6.08 Å². The molecular formula is C13H24O2. The Morgan fingerprint density at radius 2 is 1.73 bits per heavy atom. The van der Waals surface area contributed by atoms with Crippen LogP contribution in [0.2, 0.25) is 0 Å². The molecule has 1 rings (SSSR count). The smallest absolute Gasteiger partial charge is 0.186 e. The van der Waals surface area contributed by atoms with E-state index in [2.05, 4.69) is 41.2 Å². The van der Waals surface area contributed by atoms with Gasteiger partial charge in [0.2, 0.25) is 0 Å². The van der Waals surface area contributed by atoms with Crippen molar-refractivity contribution in [3.8, 4) is 0 Å². The van der Waals surface area contributed by atoms with Gasteiger partial charge in [0.1, 0.15) is 5.60 Å². The van der Waals surface area contributed by atoms with E-state index in [0.29, 0.717) is 5.92 Å². The molecule has 0 aromatic heterocycles. The van der Waals surface area contributed by atoms with Gasteiger partial charge in [0, 0.05) is 0 Å². The summed E-state index contributed by atoms with van der Waals surface area (Å²) < 4.78 is 12.2. The lowest BCUT2D eigenvalue weighted by Crippen LogP contribution is -2.50. The third kappa shape index (κ3) is 1.74. The van der Waals surface area contributed by atoms with E-state index in [1.165, 1.54) is 0 Å². The summed E-state index contributed by atoms with van der Waals surface area (Å²) >= 11 is 0. The second kappa shape index (κ2) is 3.60. The second-order valence-electron chi connectivity index (χ2n) is 5.27. The molecule has 0 bridgehead atoms. The van der Waals surface area contributed by atoms with Crippen LogP contribution in [0, 0.1) is 5.92 Å². The van der Waals surface area contributed by atoms with E-state index in [-0.39, 0.29) is 11.2 Å². The van der Waals surface area contributed by atoms with Gasteiger partial charge in [-0.05, 0) is 39.2 Å². The minimum absolute atomic E-state index is 0.246. The first-order chi connectivity index (χ1) is 6.73. The summed E-state index contributed by atoms with van der Waals surface area (Å²) in [6.07, 6.45) is 2.68. The number of rotatable bonds is 3. The quantitative estimate of drug-likeness (QED) is 0.666. The first-order valence-corrected chi connectivity index (χ1v) is 5.77. The van der Waals surface area contributed by atoms with Crippen LogP contribution in [0.4, 0.5) is 0 Å². The van der Waals surface area contributed by atoms with E-state index in [1.807, 2.05) is 6.92 Å². The lowest BCUT2D eigenvalue weighted by Gasteiger charge is -2.40. The van der Waals surface area contributed by atoms with Crippen molar-refractivity contribution in [3.63, 3.8) is 0 Å². The molecule has 0 N–H and O–H groups in total. The molecule has 0 radical (unpaired) electrons. The summed E-state index contributed by atoms with van der Waals surface area (Å²) in [5.74, 6) is -0.242. The molecule has 15 heavy (non-hydrogen) atoms. The minimum Gasteiger partial charge on any atom is -0.337 e. The fourth-order valence-corrected chi connectivity index (χ4v) is 2.33. The van der Waals surface area contributed by atoms with Crippen molar-refractivity contribution in [2.45, 2.75) is 65.0 Å². The molecule has 0 spiro atoms. The average molecular weight is 212 g/mol. The normalized spacial score (nSPS) is 46.1. The summed E-state index contributed by atoms with van der Waals surface area (Å²) in [6.45, 7) is 16.5. The molecule has 88 valence electrons. The zero-order valence-electron chi connectivity index (χ0n) is 10.9. The van der Waals surface area contributed by atoms with Gasteiger partial charge in [-0.15, -0.1) is 0 Å². The van der Waals surface area contributed by atoms with Gasteiger partial charge in [-0.2, -0.15) is 0 Å². The standard InChI is InChI=1S/C13H24O2/c1-8-11(5)13(7,10(3)4)15-12(6,9-2)14-11/h9-10H,2,8H2,1,3-7H3.